The van der Waals surface area contributed by atoms with Crippen molar-refractivity contribution in [2.45, 2.75) is 12.8 Å². The largest absolute Gasteiger partial charge is 0.465 e. The average molecular weight is 395 g/mol. The van der Waals surface area contributed by atoms with E-state index in [2.05, 4.69) is 27.7 Å². The van der Waals surface area contributed by atoms with E-state index in [1.54, 1.807) is 30.5 Å². The highest BCUT2D eigenvalue weighted by molar-refractivity contribution is 5.90. The molecule has 1 atom stereocenters. The number of aromatic amines is 1. The van der Waals surface area contributed by atoms with E-state index in [1.165, 1.54) is 7.11 Å². The number of fused-ring (bicyclic) bond motifs is 1. The molecule has 0 amide bonds. The molecule has 7 nitrogen and oxygen atoms in total. The summed E-state index contributed by atoms with van der Waals surface area (Å²) in [6, 6.07) is 17.1. The molecular weight excluding hydrogens is 378 g/mol. The van der Waals surface area contributed by atoms with Crippen molar-refractivity contribution in [1.29, 1.82) is 10.5 Å². The van der Waals surface area contributed by atoms with Crippen molar-refractivity contribution in [3.05, 3.63) is 82.2 Å². The number of rotatable bonds is 3. The number of carbonyl (C=O) groups excluding carboxylic acids is 1. The Bertz CT molecular complexity index is 1300. The molecule has 7 heteroatoms. The van der Waals surface area contributed by atoms with E-state index in [1.807, 2.05) is 25.1 Å². The van der Waals surface area contributed by atoms with Gasteiger partial charge in [0.05, 0.1) is 59.3 Å². The molecule has 0 fully saturated rings. The number of nitriles is 2. The summed E-state index contributed by atoms with van der Waals surface area (Å²) in [7, 11) is 1.33. The third-order valence-electron chi connectivity index (χ3n) is 5.20. The summed E-state index contributed by atoms with van der Waals surface area (Å²) >= 11 is 0. The highest BCUT2D eigenvalue weighted by atomic mass is 16.5. The lowest BCUT2D eigenvalue weighted by Gasteiger charge is -2.28. The van der Waals surface area contributed by atoms with Gasteiger partial charge < -0.3 is 10.1 Å². The van der Waals surface area contributed by atoms with Crippen molar-refractivity contribution in [2.75, 3.05) is 7.11 Å². The third kappa shape index (κ3) is 3.09. The van der Waals surface area contributed by atoms with Crippen LogP contribution in [0.15, 0.2) is 65.5 Å². The molecule has 1 aliphatic heterocycles. The molecule has 0 radical (unpaired) electrons. The van der Waals surface area contributed by atoms with Crippen LogP contribution in [0.4, 0.5) is 0 Å². The van der Waals surface area contributed by atoms with Crippen molar-refractivity contribution in [2.24, 2.45) is 0 Å². The molecule has 2 aromatic carbocycles. The predicted octanol–water partition coefficient (Wildman–Crippen LogP) is 3.77. The van der Waals surface area contributed by atoms with Gasteiger partial charge in [0, 0.05) is 11.1 Å². The van der Waals surface area contributed by atoms with E-state index in [9.17, 15) is 15.3 Å². The van der Waals surface area contributed by atoms with Gasteiger partial charge in [0.25, 0.3) is 0 Å². The highest BCUT2D eigenvalue weighted by Crippen LogP contribution is 2.40. The number of benzene rings is 2. The van der Waals surface area contributed by atoms with E-state index in [0.29, 0.717) is 28.1 Å². The van der Waals surface area contributed by atoms with Gasteiger partial charge in [0.1, 0.15) is 0 Å². The van der Waals surface area contributed by atoms with Crippen LogP contribution in [-0.4, -0.2) is 23.3 Å². The first kappa shape index (κ1) is 19.0. The number of dihydropyridines is 1. The summed E-state index contributed by atoms with van der Waals surface area (Å²) in [4.78, 5) is 11.7. The lowest BCUT2D eigenvalue weighted by Crippen LogP contribution is -2.24. The summed E-state index contributed by atoms with van der Waals surface area (Å²) in [5, 5.41) is 30.9. The predicted molar refractivity (Wildman–Crippen MR) is 111 cm³/mol. The Morgan fingerprint density at radius 1 is 1.10 bits per heavy atom. The number of ether oxygens (including phenoxy) is 1. The standard InChI is InChI=1S/C23H17N5O2/c1-13-18(10-24)21(16-7-8-20-17(9-16)12-26-28-20)19(11-25)22(27-13)14-3-5-15(6-4-14)23(29)30-2/h3-9,12,21,27H,1-2H3,(H,26,28). The van der Waals surface area contributed by atoms with Crippen molar-refractivity contribution >= 4 is 22.6 Å². The second kappa shape index (κ2) is 7.57. The van der Waals surface area contributed by atoms with Crippen LogP contribution < -0.4 is 5.32 Å². The van der Waals surface area contributed by atoms with Gasteiger partial charge in [-0.3, -0.25) is 5.10 Å². The molecule has 1 aromatic heterocycles. The SMILES string of the molecule is COC(=O)c1ccc(C2=C(C#N)C(c3ccc4[nH]ncc4c3)C(C#N)=C(C)N2)cc1. The van der Waals surface area contributed by atoms with E-state index in [4.69, 9.17) is 4.74 Å². The van der Waals surface area contributed by atoms with Crippen LogP contribution in [0.5, 0.6) is 0 Å². The second-order valence-electron chi connectivity index (χ2n) is 6.89. The number of hydrogen-bond acceptors (Lipinski definition) is 6. The Hall–Kier alpha value is -4.36. The first-order chi connectivity index (χ1) is 14.6. The van der Waals surface area contributed by atoms with E-state index in [0.717, 1.165) is 22.0 Å². The maximum atomic E-state index is 11.7. The molecule has 2 heterocycles. The van der Waals surface area contributed by atoms with Crippen LogP contribution in [-0.2, 0) is 4.74 Å². The Morgan fingerprint density at radius 3 is 2.50 bits per heavy atom. The molecule has 4 rings (SSSR count). The van der Waals surface area contributed by atoms with E-state index in [-0.39, 0.29) is 0 Å². The summed E-state index contributed by atoms with van der Waals surface area (Å²) in [5.74, 6) is -0.933. The molecular formula is C23H17N5O2. The zero-order chi connectivity index (χ0) is 21.3. The fourth-order valence-corrected chi connectivity index (χ4v) is 3.69. The van der Waals surface area contributed by atoms with Crippen molar-refractivity contribution < 1.29 is 9.53 Å². The number of methoxy groups -OCH3 is 1. The van der Waals surface area contributed by atoms with Crippen molar-refractivity contribution in [3.63, 3.8) is 0 Å². The van der Waals surface area contributed by atoms with Crippen molar-refractivity contribution in [1.82, 2.24) is 15.5 Å². The Morgan fingerprint density at radius 2 is 1.83 bits per heavy atom. The quantitative estimate of drug-likeness (QED) is 0.653. The van der Waals surface area contributed by atoms with Gasteiger partial charge in [-0.2, -0.15) is 15.6 Å². The highest BCUT2D eigenvalue weighted by Gasteiger charge is 2.31. The van der Waals surface area contributed by atoms with Gasteiger partial charge in [-0.15, -0.1) is 0 Å². The molecule has 1 aliphatic rings. The van der Waals surface area contributed by atoms with Crippen molar-refractivity contribution in [3.8, 4) is 12.1 Å². The topological polar surface area (TPSA) is 115 Å². The van der Waals surface area contributed by atoms with Crippen LogP contribution in [0.3, 0.4) is 0 Å². The molecule has 30 heavy (non-hydrogen) atoms. The molecule has 2 N–H and O–H groups in total. The monoisotopic (exact) mass is 395 g/mol. The first-order valence-corrected chi connectivity index (χ1v) is 9.21. The number of allylic oxidation sites excluding steroid dienone is 3. The molecule has 1 unspecified atom stereocenters. The van der Waals surface area contributed by atoms with Crippen LogP contribution in [0, 0.1) is 22.7 Å². The number of nitrogens with zero attached hydrogens (tertiary/aromatic N) is 3. The minimum Gasteiger partial charge on any atom is -0.465 e. The number of nitrogens with one attached hydrogen (secondary N) is 2. The van der Waals surface area contributed by atoms with Gasteiger partial charge in [0.2, 0.25) is 0 Å². The van der Waals surface area contributed by atoms with Gasteiger partial charge in [-0.1, -0.05) is 18.2 Å². The van der Waals surface area contributed by atoms with Crippen LogP contribution in [0.25, 0.3) is 16.6 Å². The Labute approximate surface area is 172 Å². The van der Waals surface area contributed by atoms with Gasteiger partial charge in [-0.05, 0) is 42.3 Å². The summed E-state index contributed by atoms with van der Waals surface area (Å²) in [6.07, 6.45) is 1.71. The van der Waals surface area contributed by atoms with E-state index >= 15 is 0 Å². The summed E-state index contributed by atoms with van der Waals surface area (Å²) < 4.78 is 4.74. The number of carbonyl (C=O) groups is 1. The average Bonchev–Trinajstić information content (AvgIpc) is 3.25. The molecule has 146 valence electrons. The normalized spacial score (nSPS) is 16.1. The fraction of sp³-hybridized carbons (Fsp3) is 0.130. The van der Waals surface area contributed by atoms with Crippen LogP contribution in [0.2, 0.25) is 0 Å². The molecule has 0 spiro atoms. The maximum absolute atomic E-state index is 11.7. The molecule has 0 aliphatic carbocycles. The molecule has 0 saturated heterocycles. The fourth-order valence-electron chi connectivity index (χ4n) is 3.69. The molecule has 0 bridgehead atoms. The zero-order valence-corrected chi connectivity index (χ0v) is 16.4. The maximum Gasteiger partial charge on any atom is 0.337 e. The number of esters is 1. The van der Waals surface area contributed by atoms with Gasteiger partial charge >= 0.3 is 5.97 Å². The van der Waals surface area contributed by atoms with Crippen LogP contribution in [0.1, 0.15) is 34.3 Å². The zero-order valence-electron chi connectivity index (χ0n) is 16.4. The minimum atomic E-state index is -0.504. The molecule has 3 aromatic rings. The molecule has 0 saturated carbocycles. The number of aromatic nitrogens is 2. The minimum absolute atomic E-state index is 0.420. The van der Waals surface area contributed by atoms with Gasteiger partial charge in [-0.25, -0.2) is 4.79 Å². The van der Waals surface area contributed by atoms with E-state index < -0.39 is 11.9 Å². The summed E-state index contributed by atoms with van der Waals surface area (Å²) in [6.45, 7) is 1.82. The third-order valence-corrected chi connectivity index (χ3v) is 5.20. The smallest absolute Gasteiger partial charge is 0.337 e. The van der Waals surface area contributed by atoms with Crippen LogP contribution >= 0.6 is 0 Å². The number of hydrogen-bond donors (Lipinski definition) is 2. The lowest BCUT2D eigenvalue weighted by atomic mass is 9.80. The summed E-state index contributed by atoms with van der Waals surface area (Å²) in [5.41, 5.74) is 5.10. The Balaban J connectivity index is 1.87. The van der Waals surface area contributed by atoms with Gasteiger partial charge in [0.15, 0.2) is 0 Å². The number of H-pyrrole nitrogens is 1. The first-order valence-electron chi connectivity index (χ1n) is 9.21. The lowest BCUT2D eigenvalue weighted by molar-refractivity contribution is 0.0600. The second-order valence-corrected chi connectivity index (χ2v) is 6.89. The Kier molecular flexibility index (Phi) is 4.79.